The van der Waals surface area contributed by atoms with Crippen molar-refractivity contribution in [1.29, 1.82) is 0 Å². The molecule has 0 bridgehead atoms. The fourth-order valence-corrected chi connectivity index (χ4v) is 4.14. The van der Waals surface area contributed by atoms with E-state index < -0.39 is 0 Å². The van der Waals surface area contributed by atoms with Gasteiger partial charge in [0.05, 0.1) is 34.6 Å². The molecule has 3 aromatic heterocycles. The predicted molar refractivity (Wildman–Crippen MR) is 136 cm³/mol. The van der Waals surface area contributed by atoms with E-state index in [2.05, 4.69) is 46.5 Å². The maximum Gasteiger partial charge on any atom is 0.158 e. The molecule has 1 aliphatic rings. The Kier molecular flexibility index (Phi) is 7.29. The molecule has 2 N–H and O–H groups in total. The van der Waals surface area contributed by atoms with Crippen molar-refractivity contribution < 1.29 is 4.74 Å². The van der Waals surface area contributed by atoms with Crippen LogP contribution in [0.4, 0.5) is 23.1 Å². The second kappa shape index (κ2) is 10.9. The van der Waals surface area contributed by atoms with Crippen molar-refractivity contribution in [3.63, 3.8) is 0 Å². The summed E-state index contributed by atoms with van der Waals surface area (Å²) in [6.07, 6.45) is 6.52. The number of para-hydroxylation sites is 1. The standard InChI is InChI=1S/C24H22Cl2N8O/c25-17-2-1-3-18(26)22(17)33-24-23(27-6-7-28-24)19-12-21(31-15-30-19)32-20-5-4-16(13-29-20)14-34-8-10-35-11-9-34/h1-7,12-13,15H,8-11,14H2,(H,28,33)(H,29,30,31,32). The quantitative estimate of drug-likeness (QED) is 0.358. The van der Waals surface area contributed by atoms with Gasteiger partial charge < -0.3 is 15.4 Å². The van der Waals surface area contributed by atoms with E-state index >= 15 is 0 Å². The van der Waals surface area contributed by atoms with Crippen molar-refractivity contribution in [3.8, 4) is 11.4 Å². The largest absolute Gasteiger partial charge is 0.379 e. The molecule has 1 saturated heterocycles. The molecule has 0 saturated carbocycles. The Morgan fingerprint density at radius 2 is 1.66 bits per heavy atom. The van der Waals surface area contributed by atoms with Crippen LogP contribution in [-0.2, 0) is 11.3 Å². The minimum absolute atomic E-state index is 0.470. The van der Waals surface area contributed by atoms with E-state index in [1.54, 1.807) is 36.7 Å². The van der Waals surface area contributed by atoms with Crippen molar-refractivity contribution in [2.24, 2.45) is 0 Å². The van der Waals surface area contributed by atoms with Gasteiger partial charge in [0.2, 0.25) is 0 Å². The topological polar surface area (TPSA) is 101 Å². The molecule has 5 rings (SSSR count). The molecule has 0 amide bonds. The van der Waals surface area contributed by atoms with E-state index in [-0.39, 0.29) is 0 Å². The predicted octanol–water partition coefficient (Wildman–Crippen LogP) is 4.95. The lowest BCUT2D eigenvalue weighted by atomic mass is 10.2. The van der Waals surface area contributed by atoms with Crippen LogP contribution in [0.15, 0.2) is 61.3 Å². The molecule has 0 atom stereocenters. The minimum atomic E-state index is 0.470. The SMILES string of the molecule is Clc1cccc(Cl)c1Nc1nccnc1-c1cc(Nc2ccc(CN3CCOCC3)cn2)ncn1. The Balaban J connectivity index is 1.32. The Labute approximate surface area is 212 Å². The van der Waals surface area contributed by atoms with E-state index in [9.17, 15) is 0 Å². The molecular formula is C24H22Cl2N8O. The molecular weight excluding hydrogens is 487 g/mol. The van der Waals surface area contributed by atoms with Gasteiger partial charge in [0.15, 0.2) is 5.82 Å². The molecule has 0 aliphatic carbocycles. The molecule has 0 radical (unpaired) electrons. The number of nitrogens with zero attached hydrogens (tertiary/aromatic N) is 6. The zero-order valence-corrected chi connectivity index (χ0v) is 20.2. The van der Waals surface area contributed by atoms with E-state index in [0.29, 0.717) is 44.6 Å². The number of pyridine rings is 1. The molecule has 4 heterocycles. The second-order valence-electron chi connectivity index (χ2n) is 7.83. The normalized spacial score (nSPS) is 14.0. The van der Waals surface area contributed by atoms with Gasteiger partial charge in [0.25, 0.3) is 0 Å². The molecule has 1 aliphatic heterocycles. The first-order valence-electron chi connectivity index (χ1n) is 11.0. The van der Waals surface area contributed by atoms with Crippen LogP contribution < -0.4 is 10.6 Å². The van der Waals surface area contributed by atoms with Crippen molar-refractivity contribution >= 4 is 46.3 Å². The number of morpholine rings is 1. The third-order valence-corrected chi connectivity index (χ3v) is 6.03. The van der Waals surface area contributed by atoms with Crippen LogP contribution in [0, 0.1) is 0 Å². The maximum atomic E-state index is 6.31. The average Bonchev–Trinajstić information content (AvgIpc) is 2.89. The zero-order valence-electron chi connectivity index (χ0n) is 18.7. The number of nitrogens with one attached hydrogen (secondary N) is 2. The molecule has 0 spiro atoms. The molecule has 4 aromatic rings. The fraction of sp³-hybridized carbons (Fsp3) is 0.208. The van der Waals surface area contributed by atoms with Crippen LogP contribution in [0.5, 0.6) is 0 Å². The van der Waals surface area contributed by atoms with Gasteiger partial charge in [0, 0.05) is 44.3 Å². The summed E-state index contributed by atoms with van der Waals surface area (Å²) in [7, 11) is 0. The molecule has 1 aromatic carbocycles. The lowest BCUT2D eigenvalue weighted by Gasteiger charge is -2.26. The number of aromatic nitrogens is 5. The van der Waals surface area contributed by atoms with E-state index in [0.717, 1.165) is 38.4 Å². The number of hydrogen-bond donors (Lipinski definition) is 2. The molecule has 178 valence electrons. The molecule has 9 nitrogen and oxygen atoms in total. The zero-order chi connectivity index (χ0) is 24.0. The lowest BCUT2D eigenvalue weighted by molar-refractivity contribution is 0.0341. The van der Waals surface area contributed by atoms with E-state index in [1.807, 2.05) is 12.3 Å². The van der Waals surface area contributed by atoms with Crippen molar-refractivity contribution in [1.82, 2.24) is 29.8 Å². The van der Waals surface area contributed by atoms with Gasteiger partial charge >= 0.3 is 0 Å². The highest BCUT2D eigenvalue weighted by molar-refractivity contribution is 6.39. The van der Waals surface area contributed by atoms with Crippen LogP contribution in [0.25, 0.3) is 11.4 Å². The highest BCUT2D eigenvalue weighted by Crippen LogP contribution is 2.34. The van der Waals surface area contributed by atoms with Gasteiger partial charge in [-0.1, -0.05) is 35.3 Å². The number of hydrogen-bond acceptors (Lipinski definition) is 9. The summed E-state index contributed by atoms with van der Waals surface area (Å²) in [6.45, 7) is 4.28. The first-order valence-corrected chi connectivity index (χ1v) is 11.8. The monoisotopic (exact) mass is 508 g/mol. The first kappa shape index (κ1) is 23.4. The number of halogens is 2. The summed E-state index contributed by atoms with van der Waals surface area (Å²) in [5, 5.41) is 7.35. The number of benzene rings is 1. The Morgan fingerprint density at radius 3 is 2.43 bits per heavy atom. The Bertz CT molecular complexity index is 1280. The van der Waals surface area contributed by atoms with Gasteiger partial charge in [0.1, 0.15) is 23.7 Å². The molecule has 1 fully saturated rings. The number of anilines is 4. The smallest absolute Gasteiger partial charge is 0.158 e. The van der Waals surface area contributed by atoms with Crippen LogP contribution >= 0.6 is 23.2 Å². The summed E-state index contributed by atoms with van der Waals surface area (Å²) in [5.41, 5.74) is 2.80. The summed E-state index contributed by atoms with van der Waals surface area (Å²) in [6, 6.07) is 11.1. The second-order valence-corrected chi connectivity index (χ2v) is 8.64. The third kappa shape index (κ3) is 5.83. The molecule has 0 unspecified atom stereocenters. The van der Waals surface area contributed by atoms with Gasteiger partial charge in [-0.3, -0.25) is 4.90 Å². The van der Waals surface area contributed by atoms with Crippen LogP contribution in [0.2, 0.25) is 10.0 Å². The van der Waals surface area contributed by atoms with Gasteiger partial charge in [-0.05, 0) is 23.8 Å². The van der Waals surface area contributed by atoms with Gasteiger partial charge in [-0.25, -0.2) is 24.9 Å². The number of ether oxygens (including phenoxy) is 1. The van der Waals surface area contributed by atoms with Crippen molar-refractivity contribution in [2.45, 2.75) is 6.54 Å². The lowest BCUT2D eigenvalue weighted by Crippen LogP contribution is -2.35. The summed E-state index contributed by atoms with van der Waals surface area (Å²) in [4.78, 5) is 24.5. The van der Waals surface area contributed by atoms with E-state index in [1.165, 1.54) is 6.33 Å². The summed E-state index contributed by atoms with van der Waals surface area (Å²) < 4.78 is 5.41. The summed E-state index contributed by atoms with van der Waals surface area (Å²) in [5.74, 6) is 1.73. The van der Waals surface area contributed by atoms with Crippen LogP contribution in [0.3, 0.4) is 0 Å². The highest BCUT2D eigenvalue weighted by atomic mass is 35.5. The van der Waals surface area contributed by atoms with Crippen molar-refractivity contribution in [3.05, 3.63) is 76.9 Å². The third-order valence-electron chi connectivity index (χ3n) is 5.40. The molecule has 35 heavy (non-hydrogen) atoms. The van der Waals surface area contributed by atoms with Crippen LogP contribution in [0.1, 0.15) is 5.56 Å². The number of rotatable bonds is 7. The minimum Gasteiger partial charge on any atom is -0.379 e. The van der Waals surface area contributed by atoms with Crippen LogP contribution in [-0.4, -0.2) is 56.1 Å². The first-order chi connectivity index (χ1) is 17.2. The molecule has 11 heteroatoms. The Morgan fingerprint density at radius 1 is 0.857 bits per heavy atom. The van der Waals surface area contributed by atoms with Crippen molar-refractivity contribution in [2.75, 3.05) is 36.9 Å². The highest BCUT2D eigenvalue weighted by Gasteiger charge is 2.15. The Hall–Kier alpha value is -3.37. The average molecular weight is 509 g/mol. The summed E-state index contributed by atoms with van der Waals surface area (Å²) >= 11 is 12.6. The maximum absolute atomic E-state index is 6.31. The van der Waals surface area contributed by atoms with E-state index in [4.69, 9.17) is 27.9 Å². The van der Waals surface area contributed by atoms with Gasteiger partial charge in [-0.2, -0.15) is 0 Å². The fourth-order valence-electron chi connectivity index (χ4n) is 3.65. The van der Waals surface area contributed by atoms with Gasteiger partial charge in [-0.15, -0.1) is 0 Å².